The molecule has 3 heteroatoms. The van der Waals surface area contributed by atoms with E-state index in [1.165, 1.54) is 38.4 Å². The molecule has 0 aliphatic carbocycles. The van der Waals surface area contributed by atoms with Gasteiger partial charge >= 0.3 is 0 Å². The van der Waals surface area contributed by atoms with E-state index in [9.17, 15) is 0 Å². The molecular formula is C18H15B2N. The van der Waals surface area contributed by atoms with Gasteiger partial charge in [-0.1, -0.05) is 53.4 Å². The van der Waals surface area contributed by atoms with Crippen LogP contribution >= 0.6 is 0 Å². The molecule has 0 aliphatic rings. The summed E-state index contributed by atoms with van der Waals surface area (Å²) in [7, 11) is 4.31. The molecule has 0 unspecified atom stereocenters. The Morgan fingerprint density at radius 2 is 1.14 bits per heavy atom. The molecule has 4 rings (SSSR count). The molecule has 0 radical (unpaired) electrons. The van der Waals surface area contributed by atoms with Crippen molar-refractivity contribution in [3.05, 3.63) is 66.7 Å². The van der Waals surface area contributed by atoms with Crippen LogP contribution in [0.1, 0.15) is 0 Å². The van der Waals surface area contributed by atoms with Crippen molar-refractivity contribution in [3.8, 4) is 5.69 Å². The summed E-state index contributed by atoms with van der Waals surface area (Å²) >= 11 is 0. The first-order chi connectivity index (χ1) is 10.2. The number of fused-ring (bicyclic) bond motifs is 3. The Labute approximate surface area is 126 Å². The summed E-state index contributed by atoms with van der Waals surface area (Å²) in [4.78, 5) is 0. The van der Waals surface area contributed by atoms with Crippen molar-refractivity contribution in [3.63, 3.8) is 0 Å². The van der Waals surface area contributed by atoms with Gasteiger partial charge in [0.15, 0.2) is 0 Å². The molecule has 0 spiro atoms. The van der Waals surface area contributed by atoms with Gasteiger partial charge < -0.3 is 4.57 Å². The summed E-state index contributed by atoms with van der Waals surface area (Å²) in [5, 5.41) is 2.66. The number of hydrogen-bond acceptors (Lipinski definition) is 0. The molecule has 0 amide bonds. The van der Waals surface area contributed by atoms with E-state index in [0.29, 0.717) is 0 Å². The van der Waals surface area contributed by atoms with Crippen LogP contribution < -0.4 is 10.9 Å². The minimum absolute atomic E-state index is 1.21. The van der Waals surface area contributed by atoms with Crippen LogP contribution in [0.4, 0.5) is 0 Å². The van der Waals surface area contributed by atoms with Crippen LogP contribution in [-0.4, -0.2) is 20.3 Å². The van der Waals surface area contributed by atoms with Crippen molar-refractivity contribution in [2.75, 3.05) is 0 Å². The van der Waals surface area contributed by atoms with Crippen molar-refractivity contribution in [1.29, 1.82) is 0 Å². The Bertz CT molecular complexity index is 896. The minimum atomic E-state index is 1.21. The summed E-state index contributed by atoms with van der Waals surface area (Å²) in [6.45, 7) is 0. The molecule has 0 bridgehead atoms. The maximum absolute atomic E-state index is 2.35. The maximum atomic E-state index is 2.35. The average molecular weight is 267 g/mol. The highest BCUT2D eigenvalue weighted by atomic mass is 15.0. The Morgan fingerprint density at radius 3 is 1.67 bits per heavy atom. The van der Waals surface area contributed by atoms with Crippen molar-refractivity contribution >= 4 is 48.4 Å². The molecule has 0 saturated heterocycles. The van der Waals surface area contributed by atoms with Gasteiger partial charge in [-0.15, -0.1) is 0 Å². The Morgan fingerprint density at radius 1 is 0.619 bits per heavy atom. The van der Waals surface area contributed by atoms with E-state index in [0.717, 1.165) is 0 Å². The maximum Gasteiger partial charge on any atom is 0.139 e. The van der Waals surface area contributed by atoms with Crippen molar-refractivity contribution < 1.29 is 0 Å². The van der Waals surface area contributed by atoms with Crippen LogP contribution in [0.3, 0.4) is 0 Å². The number of para-hydroxylation sites is 1. The van der Waals surface area contributed by atoms with E-state index >= 15 is 0 Å². The molecule has 98 valence electrons. The van der Waals surface area contributed by atoms with Crippen LogP contribution in [0.5, 0.6) is 0 Å². The monoisotopic (exact) mass is 267 g/mol. The summed E-state index contributed by atoms with van der Waals surface area (Å²) in [5.74, 6) is 0. The predicted molar refractivity (Wildman–Crippen MR) is 97.1 cm³/mol. The number of benzene rings is 3. The van der Waals surface area contributed by atoms with Crippen molar-refractivity contribution in [2.45, 2.75) is 0 Å². The van der Waals surface area contributed by atoms with Crippen LogP contribution in [0, 0.1) is 0 Å². The lowest BCUT2D eigenvalue weighted by Crippen LogP contribution is -2.00. The molecule has 3 aromatic carbocycles. The highest BCUT2D eigenvalue weighted by Crippen LogP contribution is 2.30. The third-order valence-corrected chi connectivity index (χ3v) is 4.09. The van der Waals surface area contributed by atoms with Crippen LogP contribution in [-0.2, 0) is 0 Å². The number of hydrogen-bond donors (Lipinski definition) is 0. The van der Waals surface area contributed by atoms with Crippen LogP contribution in [0.15, 0.2) is 66.7 Å². The number of aromatic nitrogens is 1. The zero-order valence-electron chi connectivity index (χ0n) is 12.3. The van der Waals surface area contributed by atoms with E-state index in [-0.39, 0.29) is 0 Å². The zero-order valence-corrected chi connectivity index (χ0v) is 12.3. The molecule has 0 aliphatic heterocycles. The standard InChI is InChI=1S/C18H15B2N/c19-12-6-8-17-15(10-12)16-11-13(20)7-9-18(16)21(17)14-4-2-1-3-5-14/h1-11H,19-20H2. The molecule has 1 heterocycles. The fourth-order valence-corrected chi connectivity index (χ4v) is 3.11. The topological polar surface area (TPSA) is 4.93 Å². The number of nitrogens with zero attached hydrogens (tertiary/aromatic N) is 1. The van der Waals surface area contributed by atoms with Crippen LogP contribution in [0.25, 0.3) is 27.5 Å². The van der Waals surface area contributed by atoms with Gasteiger partial charge in [0.05, 0.1) is 11.0 Å². The van der Waals surface area contributed by atoms with Crippen molar-refractivity contribution in [2.24, 2.45) is 0 Å². The Kier molecular flexibility index (Phi) is 2.68. The first-order valence-electron chi connectivity index (χ1n) is 7.31. The van der Waals surface area contributed by atoms with Gasteiger partial charge in [0.1, 0.15) is 15.7 Å². The van der Waals surface area contributed by atoms with E-state index in [1.54, 1.807) is 0 Å². The molecule has 0 fully saturated rings. The van der Waals surface area contributed by atoms with Crippen molar-refractivity contribution in [1.82, 2.24) is 4.57 Å². The second-order valence-electron chi connectivity index (χ2n) is 5.71. The lowest BCUT2D eigenvalue weighted by molar-refractivity contribution is 1.18. The zero-order chi connectivity index (χ0) is 14.4. The SMILES string of the molecule is Bc1ccc2c(c1)c1cc(B)ccc1n2-c1ccccc1. The second kappa shape index (κ2) is 4.56. The third-order valence-electron chi connectivity index (χ3n) is 4.09. The van der Waals surface area contributed by atoms with Gasteiger partial charge in [-0.2, -0.15) is 0 Å². The van der Waals surface area contributed by atoms with Gasteiger partial charge in [-0.05, 0) is 24.3 Å². The minimum Gasteiger partial charge on any atom is -0.309 e. The normalized spacial score (nSPS) is 11.2. The molecule has 0 atom stereocenters. The van der Waals surface area contributed by atoms with E-state index < -0.39 is 0 Å². The molecule has 21 heavy (non-hydrogen) atoms. The average Bonchev–Trinajstić information content (AvgIpc) is 2.81. The number of rotatable bonds is 1. The molecular weight excluding hydrogens is 252 g/mol. The lowest BCUT2D eigenvalue weighted by atomic mass is 9.92. The highest BCUT2D eigenvalue weighted by molar-refractivity contribution is 6.35. The summed E-state index contributed by atoms with van der Waals surface area (Å²) < 4.78 is 2.35. The smallest absolute Gasteiger partial charge is 0.139 e. The Hall–Kier alpha value is -2.41. The molecule has 1 aromatic heterocycles. The van der Waals surface area contributed by atoms with Gasteiger partial charge in [-0.3, -0.25) is 0 Å². The van der Waals surface area contributed by atoms with Gasteiger partial charge in [0.2, 0.25) is 0 Å². The first kappa shape index (κ1) is 12.3. The highest BCUT2D eigenvalue weighted by Gasteiger charge is 2.11. The molecule has 0 saturated carbocycles. The Balaban J connectivity index is 2.22. The summed E-state index contributed by atoms with van der Waals surface area (Å²) in [6, 6.07) is 24.0. The summed E-state index contributed by atoms with van der Waals surface area (Å²) in [6.07, 6.45) is 0. The fourth-order valence-electron chi connectivity index (χ4n) is 3.11. The fraction of sp³-hybridized carbons (Fsp3) is 0. The molecule has 4 aromatic rings. The molecule has 1 nitrogen and oxygen atoms in total. The quantitative estimate of drug-likeness (QED) is 0.458. The van der Waals surface area contributed by atoms with Gasteiger partial charge in [0, 0.05) is 16.5 Å². The first-order valence-corrected chi connectivity index (χ1v) is 7.31. The van der Waals surface area contributed by atoms with E-state index in [4.69, 9.17) is 0 Å². The van der Waals surface area contributed by atoms with E-state index in [1.807, 2.05) is 0 Å². The lowest BCUT2D eigenvalue weighted by Gasteiger charge is -2.07. The second-order valence-corrected chi connectivity index (χ2v) is 5.71. The van der Waals surface area contributed by atoms with Crippen LogP contribution in [0.2, 0.25) is 0 Å². The third kappa shape index (κ3) is 1.89. The van der Waals surface area contributed by atoms with Gasteiger partial charge in [0.25, 0.3) is 0 Å². The predicted octanol–water partition coefficient (Wildman–Crippen LogP) is 1.30. The van der Waals surface area contributed by atoms with E-state index in [2.05, 4.69) is 87.0 Å². The van der Waals surface area contributed by atoms with Gasteiger partial charge in [-0.25, -0.2) is 0 Å². The largest absolute Gasteiger partial charge is 0.309 e. The summed E-state index contributed by atoms with van der Waals surface area (Å²) in [5.41, 5.74) is 6.36. The molecule has 0 N–H and O–H groups in total.